The van der Waals surface area contributed by atoms with E-state index in [2.05, 4.69) is 0 Å². The zero-order chi connectivity index (χ0) is 22.8. The number of rotatable bonds is 8. The second-order valence-corrected chi connectivity index (χ2v) is 7.05. The molecule has 31 heavy (non-hydrogen) atoms. The molecule has 0 fully saturated rings. The summed E-state index contributed by atoms with van der Waals surface area (Å²) in [7, 11) is 0. The Labute approximate surface area is 178 Å². The summed E-state index contributed by atoms with van der Waals surface area (Å²) in [6.45, 7) is -2.06. The van der Waals surface area contributed by atoms with Gasteiger partial charge in [-0.1, -0.05) is 17.7 Å². The van der Waals surface area contributed by atoms with E-state index in [9.17, 15) is 27.9 Å². The Morgan fingerprint density at radius 1 is 1.19 bits per heavy atom. The van der Waals surface area contributed by atoms with Crippen molar-refractivity contribution in [1.29, 1.82) is 0 Å². The molecule has 2 aromatic carbocycles. The number of hydrogen-bond acceptors (Lipinski definition) is 5. The molecule has 2 N–H and O–H groups in total. The first kappa shape index (κ1) is 22.5. The van der Waals surface area contributed by atoms with E-state index in [0.29, 0.717) is 0 Å². The highest BCUT2D eigenvalue weighted by molar-refractivity contribution is 6.35. The topological polar surface area (TPSA) is 97.0 Å². The number of halogens is 4. The Balaban J connectivity index is 2.12. The quantitative estimate of drug-likeness (QED) is 0.456. The van der Waals surface area contributed by atoms with Gasteiger partial charge in [0, 0.05) is 18.1 Å². The molecule has 0 bridgehead atoms. The predicted octanol–water partition coefficient (Wildman–Crippen LogP) is 5.12. The molecule has 0 aliphatic heterocycles. The molecule has 0 saturated heterocycles. The lowest BCUT2D eigenvalue weighted by molar-refractivity contribution is -0.137. The van der Waals surface area contributed by atoms with Gasteiger partial charge < -0.3 is 19.4 Å². The van der Waals surface area contributed by atoms with Gasteiger partial charge in [-0.25, -0.2) is 4.39 Å². The van der Waals surface area contributed by atoms with Crippen molar-refractivity contribution in [1.82, 2.24) is 0 Å². The molecule has 1 heterocycles. The third kappa shape index (κ3) is 4.77. The van der Waals surface area contributed by atoms with E-state index < -0.39 is 29.6 Å². The summed E-state index contributed by atoms with van der Waals surface area (Å²) in [6.07, 6.45) is -0.129. The van der Waals surface area contributed by atoms with E-state index in [1.807, 2.05) is 0 Å². The highest BCUT2D eigenvalue weighted by Gasteiger charge is 2.32. The number of carboxylic acid groups (broad SMARTS) is 1. The molecule has 10 heteroatoms. The molecule has 0 aliphatic carbocycles. The minimum atomic E-state index is -3.77. The Morgan fingerprint density at radius 3 is 2.61 bits per heavy atom. The highest BCUT2D eigenvalue weighted by Crippen LogP contribution is 2.38. The minimum absolute atomic E-state index is 0.0382. The van der Waals surface area contributed by atoms with E-state index in [1.165, 1.54) is 18.2 Å². The van der Waals surface area contributed by atoms with Crippen LogP contribution in [0.2, 0.25) is 5.02 Å². The lowest BCUT2D eigenvalue weighted by Gasteiger charge is -2.17. The molecule has 0 amide bonds. The lowest BCUT2D eigenvalue weighted by atomic mass is 10.0. The van der Waals surface area contributed by atoms with Crippen LogP contribution in [0.4, 0.5) is 13.2 Å². The fraction of sp³-hybridized carbons (Fsp3) is 0.238. The first-order chi connectivity index (χ1) is 14.6. The van der Waals surface area contributed by atoms with Crippen molar-refractivity contribution in [3.05, 3.63) is 57.2 Å². The second kappa shape index (κ2) is 8.89. The SMILES string of the molecule is O=C(O)CCCOc1cc(C(F)(F)CF)ccc1-c1cc(=O)c2c(O)ccc(Cl)c2o1. The van der Waals surface area contributed by atoms with Gasteiger partial charge in [0.2, 0.25) is 0 Å². The van der Waals surface area contributed by atoms with E-state index in [4.69, 9.17) is 25.9 Å². The summed E-state index contributed by atoms with van der Waals surface area (Å²) >= 11 is 6.06. The summed E-state index contributed by atoms with van der Waals surface area (Å²) in [5.74, 6) is -5.42. The van der Waals surface area contributed by atoms with Crippen molar-refractivity contribution in [2.75, 3.05) is 13.3 Å². The van der Waals surface area contributed by atoms with Gasteiger partial charge in [-0.15, -0.1) is 0 Å². The van der Waals surface area contributed by atoms with Crippen molar-refractivity contribution >= 4 is 28.5 Å². The van der Waals surface area contributed by atoms with Gasteiger partial charge >= 0.3 is 11.9 Å². The lowest BCUT2D eigenvalue weighted by Crippen LogP contribution is -2.16. The third-order valence-corrected chi connectivity index (χ3v) is 4.74. The molecule has 6 nitrogen and oxygen atoms in total. The van der Waals surface area contributed by atoms with E-state index >= 15 is 0 Å². The highest BCUT2D eigenvalue weighted by atomic mass is 35.5. The number of benzene rings is 2. The monoisotopic (exact) mass is 456 g/mol. The number of fused-ring (bicyclic) bond motifs is 1. The van der Waals surface area contributed by atoms with Crippen LogP contribution in [0, 0.1) is 0 Å². The van der Waals surface area contributed by atoms with Gasteiger partial charge in [0.15, 0.2) is 17.7 Å². The first-order valence-electron chi connectivity index (χ1n) is 9.02. The molecule has 0 atom stereocenters. The summed E-state index contributed by atoms with van der Waals surface area (Å²) in [6, 6.07) is 6.63. The Hall–Kier alpha value is -3.20. The Morgan fingerprint density at radius 2 is 1.94 bits per heavy atom. The molecule has 0 radical (unpaired) electrons. The molecule has 0 spiro atoms. The maximum Gasteiger partial charge on any atom is 0.303 e. The van der Waals surface area contributed by atoms with Crippen LogP contribution in [-0.4, -0.2) is 29.5 Å². The van der Waals surface area contributed by atoms with Gasteiger partial charge in [-0.2, -0.15) is 8.78 Å². The molecule has 3 aromatic rings. The first-order valence-corrected chi connectivity index (χ1v) is 9.40. The molecule has 164 valence electrons. The largest absolute Gasteiger partial charge is 0.507 e. The maximum atomic E-state index is 13.8. The number of phenols is 1. The molecule has 0 saturated carbocycles. The summed E-state index contributed by atoms with van der Waals surface area (Å²) in [5.41, 5.74) is -1.32. The molecule has 3 rings (SSSR count). The van der Waals surface area contributed by atoms with Crippen molar-refractivity contribution in [2.45, 2.75) is 18.8 Å². The molecular weight excluding hydrogens is 441 g/mol. The average Bonchev–Trinajstić information content (AvgIpc) is 2.73. The fourth-order valence-corrected chi connectivity index (χ4v) is 3.10. The summed E-state index contributed by atoms with van der Waals surface area (Å²) in [4.78, 5) is 23.2. The Bertz CT molecular complexity index is 1190. The van der Waals surface area contributed by atoms with Gasteiger partial charge in [0.1, 0.15) is 22.6 Å². The standard InChI is InChI=1S/C21H16ClF3O6/c22-13-5-6-14(26)19-15(27)9-17(31-20(13)19)12-4-3-11(21(24,25)10-23)8-16(12)30-7-1-2-18(28)29/h3-6,8-9,26H,1-2,7,10H2,(H,28,29). The van der Waals surface area contributed by atoms with Crippen LogP contribution in [-0.2, 0) is 10.7 Å². The average molecular weight is 457 g/mol. The van der Waals surface area contributed by atoms with Crippen LogP contribution in [0.3, 0.4) is 0 Å². The predicted molar refractivity (Wildman–Crippen MR) is 107 cm³/mol. The van der Waals surface area contributed by atoms with Crippen LogP contribution in [0.15, 0.2) is 45.6 Å². The van der Waals surface area contributed by atoms with Gasteiger partial charge in [-0.3, -0.25) is 9.59 Å². The number of aromatic hydroxyl groups is 1. The van der Waals surface area contributed by atoms with E-state index in [0.717, 1.165) is 18.2 Å². The maximum absolute atomic E-state index is 13.8. The van der Waals surface area contributed by atoms with Crippen molar-refractivity contribution in [3.63, 3.8) is 0 Å². The number of carbonyl (C=O) groups is 1. The number of alkyl halides is 3. The van der Waals surface area contributed by atoms with E-state index in [-0.39, 0.29) is 58.3 Å². The number of carboxylic acids is 1. The van der Waals surface area contributed by atoms with Crippen LogP contribution in [0.25, 0.3) is 22.3 Å². The van der Waals surface area contributed by atoms with Gasteiger partial charge in [0.05, 0.1) is 17.2 Å². The smallest absolute Gasteiger partial charge is 0.303 e. The molecule has 1 aromatic heterocycles. The zero-order valence-electron chi connectivity index (χ0n) is 15.8. The van der Waals surface area contributed by atoms with Gasteiger partial charge in [0.25, 0.3) is 0 Å². The van der Waals surface area contributed by atoms with E-state index in [1.54, 1.807) is 0 Å². The van der Waals surface area contributed by atoms with Crippen LogP contribution >= 0.6 is 11.6 Å². The van der Waals surface area contributed by atoms with Crippen molar-refractivity contribution in [3.8, 4) is 22.8 Å². The van der Waals surface area contributed by atoms with Crippen molar-refractivity contribution in [2.24, 2.45) is 0 Å². The minimum Gasteiger partial charge on any atom is -0.507 e. The normalized spacial score (nSPS) is 11.6. The number of phenolic OH excluding ortho intramolecular Hbond substituents is 1. The fourth-order valence-electron chi connectivity index (χ4n) is 2.90. The zero-order valence-corrected chi connectivity index (χ0v) is 16.6. The molecule has 0 aliphatic rings. The summed E-state index contributed by atoms with van der Waals surface area (Å²) < 4.78 is 51.5. The number of aliphatic carboxylic acids is 1. The molecular formula is C21H16ClF3O6. The summed E-state index contributed by atoms with van der Waals surface area (Å²) in [5, 5.41) is 18.5. The van der Waals surface area contributed by atoms with Gasteiger partial charge in [-0.05, 0) is 30.7 Å². The number of hydrogen-bond donors (Lipinski definition) is 2. The van der Waals surface area contributed by atoms with Crippen LogP contribution < -0.4 is 10.2 Å². The van der Waals surface area contributed by atoms with Crippen LogP contribution in [0.5, 0.6) is 11.5 Å². The third-order valence-electron chi connectivity index (χ3n) is 4.44. The second-order valence-electron chi connectivity index (χ2n) is 6.64. The number of ether oxygens (including phenoxy) is 1. The molecule has 0 unspecified atom stereocenters. The van der Waals surface area contributed by atoms with Crippen LogP contribution in [0.1, 0.15) is 18.4 Å². The van der Waals surface area contributed by atoms with Crippen molar-refractivity contribution < 1.29 is 37.3 Å². The Kier molecular flexibility index (Phi) is 6.45.